The number of hydrogen-bond donors (Lipinski definition) is 2. The Morgan fingerprint density at radius 1 is 1.50 bits per heavy atom. The molecule has 18 heavy (non-hydrogen) atoms. The molecule has 1 aromatic rings. The average Bonchev–Trinajstić information content (AvgIpc) is 2.28. The van der Waals surface area contributed by atoms with Crippen molar-refractivity contribution in [2.45, 2.75) is 19.9 Å². The molecule has 6 heteroatoms. The molecule has 0 aliphatic carbocycles. The molecule has 0 unspecified atom stereocenters. The fourth-order valence-electron chi connectivity index (χ4n) is 1.28. The van der Waals surface area contributed by atoms with Crippen LogP contribution in [0.15, 0.2) is 18.2 Å². The maximum absolute atomic E-state index is 11.4. The summed E-state index contributed by atoms with van der Waals surface area (Å²) in [5, 5.41) is 11.3. The summed E-state index contributed by atoms with van der Waals surface area (Å²) >= 11 is 5.92. The van der Waals surface area contributed by atoms with Gasteiger partial charge >= 0.3 is 5.97 Å². The lowest BCUT2D eigenvalue weighted by atomic mass is 10.2. The minimum Gasteiger partial charge on any atom is -0.482 e. The van der Waals surface area contributed by atoms with Crippen LogP contribution in [-0.4, -0.2) is 29.6 Å². The van der Waals surface area contributed by atoms with Crippen LogP contribution in [0.4, 0.5) is 0 Å². The lowest BCUT2D eigenvalue weighted by Gasteiger charge is -2.12. The highest BCUT2D eigenvalue weighted by Gasteiger charge is 2.15. The number of nitrogens with one attached hydrogen (secondary N) is 1. The van der Waals surface area contributed by atoms with Crippen molar-refractivity contribution in [1.29, 1.82) is 0 Å². The number of halogens is 1. The Morgan fingerprint density at radius 3 is 2.72 bits per heavy atom. The van der Waals surface area contributed by atoms with Crippen molar-refractivity contribution in [3.8, 4) is 5.75 Å². The van der Waals surface area contributed by atoms with Crippen LogP contribution in [0.3, 0.4) is 0 Å². The smallest absolute Gasteiger partial charge is 0.325 e. The summed E-state index contributed by atoms with van der Waals surface area (Å²) in [6.45, 7) is 2.90. The molecule has 0 fully saturated rings. The van der Waals surface area contributed by atoms with Gasteiger partial charge in [-0.25, -0.2) is 0 Å². The SMILES string of the molecule is Cc1cccc(Cl)c1OCC(=O)N[C@H](C)C(=O)O. The van der Waals surface area contributed by atoms with E-state index < -0.39 is 17.9 Å². The zero-order valence-corrected chi connectivity index (χ0v) is 10.8. The van der Waals surface area contributed by atoms with Gasteiger partial charge in [0.25, 0.3) is 5.91 Å². The number of carboxylic acid groups (broad SMARTS) is 1. The van der Waals surface area contributed by atoms with Gasteiger partial charge < -0.3 is 15.2 Å². The molecule has 98 valence electrons. The first kappa shape index (κ1) is 14.3. The fraction of sp³-hybridized carbons (Fsp3) is 0.333. The molecule has 1 rings (SSSR count). The summed E-state index contributed by atoms with van der Waals surface area (Å²) in [6, 6.07) is 4.28. The third kappa shape index (κ3) is 3.92. The molecule has 0 saturated heterocycles. The number of ether oxygens (including phenoxy) is 1. The van der Waals surface area contributed by atoms with Crippen molar-refractivity contribution in [3.63, 3.8) is 0 Å². The minimum absolute atomic E-state index is 0.276. The molecule has 1 aromatic carbocycles. The maximum Gasteiger partial charge on any atom is 0.325 e. The van der Waals surface area contributed by atoms with E-state index >= 15 is 0 Å². The van der Waals surface area contributed by atoms with Gasteiger partial charge in [-0.05, 0) is 25.5 Å². The Hall–Kier alpha value is -1.75. The van der Waals surface area contributed by atoms with Crippen molar-refractivity contribution in [1.82, 2.24) is 5.32 Å². The molecule has 0 saturated carbocycles. The van der Waals surface area contributed by atoms with Crippen LogP contribution in [0.5, 0.6) is 5.75 Å². The van der Waals surface area contributed by atoms with Gasteiger partial charge in [0.15, 0.2) is 6.61 Å². The number of rotatable bonds is 5. The Morgan fingerprint density at radius 2 is 2.17 bits per heavy atom. The van der Waals surface area contributed by atoms with Crippen LogP contribution >= 0.6 is 11.6 Å². The van der Waals surface area contributed by atoms with Crippen molar-refractivity contribution in [2.75, 3.05) is 6.61 Å². The number of aryl methyl sites for hydroxylation is 1. The van der Waals surface area contributed by atoms with Crippen molar-refractivity contribution >= 4 is 23.5 Å². The van der Waals surface area contributed by atoms with Gasteiger partial charge in [0.05, 0.1) is 5.02 Å². The van der Waals surface area contributed by atoms with Crippen LogP contribution in [0.2, 0.25) is 5.02 Å². The van der Waals surface area contributed by atoms with E-state index in [-0.39, 0.29) is 6.61 Å². The van der Waals surface area contributed by atoms with Crippen LogP contribution in [-0.2, 0) is 9.59 Å². The molecule has 0 bridgehead atoms. The van der Waals surface area contributed by atoms with Crippen molar-refractivity contribution in [2.24, 2.45) is 0 Å². The minimum atomic E-state index is -1.10. The first-order valence-corrected chi connectivity index (χ1v) is 5.69. The number of aliphatic carboxylic acids is 1. The summed E-state index contributed by atoms with van der Waals surface area (Å²) < 4.78 is 5.27. The molecule has 1 atom stereocenters. The number of carbonyl (C=O) groups excluding carboxylic acids is 1. The van der Waals surface area contributed by atoms with Gasteiger partial charge in [-0.15, -0.1) is 0 Å². The molecule has 0 spiro atoms. The third-order valence-corrected chi connectivity index (χ3v) is 2.56. The van der Waals surface area contributed by atoms with Gasteiger partial charge in [-0.3, -0.25) is 9.59 Å². The Labute approximate surface area is 110 Å². The van der Waals surface area contributed by atoms with E-state index in [2.05, 4.69) is 5.32 Å². The van der Waals surface area contributed by atoms with E-state index in [1.165, 1.54) is 6.92 Å². The molecule has 0 heterocycles. The molecule has 1 amide bonds. The highest BCUT2D eigenvalue weighted by molar-refractivity contribution is 6.32. The van der Waals surface area contributed by atoms with E-state index in [4.69, 9.17) is 21.4 Å². The maximum atomic E-state index is 11.4. The second kappa shape index (κ2) is 6.26. The zero-order valence-electron chi connectivity index (χ0n) is 10.1. The van der Waals surface area contributed by atoms with E-state index in [1.54, 1.807) is 25.1 Å². The first-order chi connectivity index (χ1) is 8.41. The summed E-state index contributed by atoms with van der Waals surface area (Å²) in [5.74, 6) is -1.18. The Balaban J connectivity index is 2.55. The van der Waals surface area contributed by atoms with Crippen molar-refractivity contribution in [3.05, 3.63) is 28.8 Å². The quantitative estimate of drug-likeness (QED) is 0.853. The van der Waals surface area contributed by atoms with Crippen LogP contribution in [0.1, 0.15) is 12.5 Å². The monoisotopic (exact) mass is 271 g/mol. The van der Waals surface area contributed by atoms with E-state index in [1.807, 2.05) is 0 Å². The van der Waals surface area contributed by atoms with Gasteiger partial charge in [-0.1, -0.05) is 23.7 Å². The number of para-hydroxylation sites is 1. The number of carbonyl (C=O) groups is 2. The fourth-order valence-corrected chi connectivity index (χ4v) is 1.56. The van der Waals surface area contributed by atoms with Gasteiger partial charge in [0, 0.05) is 0 Å². The molecule has 5 nitrogen and oxygen atoms in total. The normalized spacial score (nSPS) is 11.7. The first-order valence-electron chi connectivity index (χ1n) is 5.32. The highest BCUT2D eigenvalue weighted by atomic mass is 35.5. The molecule has 0 aliphatic heterocycles. The largest absolute Gasteiger partial charge is 0.482 e. The molecule has 0 aliphatic rings. The topological polar surface area (TPSA) is 75.6 Å². The number of amides is 1. The Bertz CT molecular complexity index is 441. The van der Waals surface area contributed by atoms with Gasteiger partial charge in [-0.2, -0.15) is 0 Å². The summed E-state index contributed by atoms with van der Waals surface area (Å²) in [4.78, 5) is 22.0. The molecule has 2 N–H and O–H groups in total. The number of hydrogen-bond acceptors (Lipinski definition) is 3. The lowest BCUT2D eigenvalue weighted by Crippen LogP contribution is -2.40. The van der Waals surface area contributed by atoms with Gasteiger partial charge in [0.2, 0.25) is 0 Å². The second-order valence-corrected chi connectivity index (χ2v) is 4.21. The molecule has 0 radical (unpaired) electrons. The van der Waals surface area contributed by atoms with E-state index in [0.717, 1.165) is 5.56 Å². The van der Waals surface area contributed by atoms with E-state index in [9.17, 15) is 9.59 Å². The lowest BCUT2D eigenvalue weighted by molar-refractivity contribution is -0.141. The van der Waals surface area contributed by atoms with Crippen LogP contribution in [0, 0.1) is 6.92 Å². The zero-order chi connectivity index (χ0) is 13.7. The predicted molar refractivity (Wildman–Crippen MR) is 66.9 cm³/mol. The van der Waals surface area contributed by atoms with Gasteiger partial charge in [0.1, 0.15) is 11.8 Å². The second-order valence-electron chi connectivity index (χ2n) is 3.80. The number of benzene rings is 1. The summed E-state index contributed by atoms with van der Waals surface area (Å²) in [5.41, 5.74) is 0.807. The predicted octanol–water partition coefficient (Wildman–Crippen LogP) is 1.62. The molecular formula is C12H14ClNO4. The molecular weight excluding hydrogens is 258 g/mol. The third-order valence-electron chi connectivity index (χ3n) is 2.26. The van der Waals surface area contributed by atoms with Crippen LogP contribution in [0.25, 0.3) is 0 Å². The standard InChI is InChI=1S/C12H14ClNO4/c1-7-4-3-5-9(13)11(7)18-6-10(15)14-8(2)12(16)17/h3-5,8H,6H2,1-2H3,(H,14,15)(H,16,17)/t8-/m1/s1. The van der Waals surface area contributed by atoms with E-state index in [0.29, 0.717) is 10.8 Å². The number of carboxylic acids is 1. The highest BCUT2D eigenvalue weighted by Crippen LogP contribution is 2.27. The van der Waals surface area contributed by atoms with Crippen LogP contribution < -0.4 is 10.1 Å². The average molecular weight is 272 g/mol. The summed E-state index contributed by atoms with van der Waals surface area (Å²) in [7, 11) is 0. The van der Waals surface area contributed by atoms with Crippen molar-refractivity contribution < 1.29 is 19.4 Å². The summed E-state index contributed by atoms with van der Waals surface area (Å²) in [6.07, 6.45) is 0. The molecule has 0 aromatic heterocycles. The Kier molecular flexibility index (Phi) is 4.97.